The summed E-state index contributed by atoms with van der Waals surface area (Å²) in [4.78, 5) is 15.6. The van der Waals surface area contributed by atoms with E-state index in [9.17, 15) is 4.79 Å². The Labute approximate surface area is 96.8 Å². The molecular weight excluding hydrogens is 228 g/mol. The molecule has 0 aromatic carbocycles. The van der Waals surface area contributed by atoms with Crippen LogP contribution in [0.25, 0.3) is 0 Å². The molecule has 0 saturated heterocycles. The number of nitrogens with one attached hydrogen (secondary N) is 2. The summed E-state index contributed by atoms with van der Waals surface area (Å²) < 4.78 is 0. The molecule has 0 radical (unpaired) electrons. The van der Waals surface area contributed by atoms with Crippen molar-refractivity contribution in [3.8, 4) is 0 Å². The van der Waals surface area contributed by atoms with Crippen molar-refractivity contribution in [1.29, 1.82) is 0 Å². The fraction of sp³-hybridized carbons (Fsp3) is 0.100. The highest BCUT2D eigenvalue weighted by Gasteiger charge is 2.11. The maximum Gasteiger partial charge on any atom is 0.258 e. The first kappa shape index (κ1) is 10.6. The van der Waals surface area contributed by atoms with Crippen LogP contribution in [0.5, 0.6) is 0 Å². The van der Waals surface area contributed by atoms with Crippen molar-refractivity contribution >= 4 is 23.2 Å². The molecule has 0 spiro atoms. The zero-order chi connectivity index (χ0) is 11.5. The van der Waals surface area contributed by atoms with Gasteiger partial charge in [-0.2, -0.15) is 5.10 Å². The SMILES string of the molecule is Cc1ccnc(Cl)c1NC(=O)c1cn[nH]c1. The molecule has 5 nitrogen and oxygen atoms in total. The summed E-state index contributed by atoms with van der Waals surface area (Å²) in [5.41, 5.74) is 1.83. The van der Waals surface area contributed by atoms with Gasteiger partial charge in [0, 0.05) is 12.4 Å². The number of hydrogen-bond acceptors (Lipinski definition) is 3. The third-order valence-corrected chi connectivity index (χ3v) is 2.40. The molecule has 2 heterocycles. The van der Waals surface area contributed by atoms with Gasteiger partial charge in [0.2, 0.25) is 0 Å². The van der Waals surface area contributed by atoms with Crippen molar-refractivity contribution in [2.75, 3.05) is 5.32 Å². The number of nitrogens with zero attached hydrogens (tertiary/aromatic N) is 2. The summed E-state index contributed by atoms with van der Waals surface area (Å²) >= 11 is 5.89. The summed E-state index contributed by atoms with van der Waals surface area (Å²) in [5, 5.41) is 9.22. The number of carbonyl (C=O) groups is 1. The van der Waals surface area contributed by atoms with Gasteiger partial charge in [0.15, 0.2) is 5.15 Å². The lowest BCUT2D eigenvalue weighted by molar-refractivity contribution is 0.102. The zero-order valence-electron chi connectivity index (χ0n) is 8.49. The van der Waals surface area contributed by atoms with E-state index in [1.807, 2.05) is 6.92 Å². The van der Waals surface area contributed by atoms with E-state index in [0.29, 0.717) is 11.3 Å². The molecule has 82 valence electrons. The monoisotopic (exact) mass is 236 g/mol. The second-order valence-electron chi connectivity index (χ2n) is 3.23. The predicted octanol–water partition coefficient (Wildman–Crippen LogP) is 2.02. The van der Waals surface area contributed by atoms with Crippen molar-refractivity contribution in [3.63, 3.8) is 0 Å². The van der Waals surface area contributed by atoms with Gasteiger partial charge in [-0.15, -0.1) is 0 Å². The van der Waals surface area contributed by atoms with E-state index in [0.717, 1.165) is 5.56 Å². The molecule has 0 bridgehead atoms. The third kappa shape index (κ3) is 2.04. The van der Waals surface area contributed by atoms with Crippen molar-refractivity contribution in [1.82, 2.24) is 15.2 Å². The molecule has 0 aliphatic carbocycles. The van der Waals surface area contributed by atoms with Crippen LogP contribution in [0, 0.1) is 6.92 Å². The quantitative estimate of drug-likeness (QED) is 0.784. The Hall–Kier alpha value is -1.88. The van der Waals surface area contributed by atoms with E-state index in [4.69, 9.17) is 11.6 Å². The number of hydrogen-bond donors (Lipinski definition) is 2. The highest BCUT2D eigenvalue weighted by Crippen LogP contribution is 2.23. The Morgan fingerprint density at radius 1 is 1.56 bits per heavy atom. The van der Waals surface area contributed by atoms with E-state index < -0.39 is 0 Å². The highest BCUT2D eigenvalue weighted by atomic mass is 35.5. The van der Waals surface area contributed by atoms with Gasteiger partial charge in [-0.1, -0.05) is 11.6 Å². The summed E-state index contributed by atoms with van der Waals surface area (Å²) in [6.45, 7) is 1.85. The van der Waals surface area contributed by atoms with Crippen molar-refractivity contribution in [2.24, 2.45) is 0 Å². The molecule has 0 aliphatic heterocycles. The molecule has 2 rings (SSSR count). The normalized spacial score (nSPS) is 10.1. The maximum absolute atomic E-state index is 11.7. The number of halogens is 1. The highest BCUT2D eigenvalue weighted by molar-refractivity contribution is 6.32. The van der Waals surface area contributed by atoms with E-state index in [1.165, 1.54) is 12.4 Å². The molecule has 0 aliphatic rings. The fourth-order valence-electron chi connectivity index (χ4n) is 1.24. The third-order valence-electron chi connectivity index (χ3n) is 2.11. The predicted molar refractivity (Wildman–Crippen MR) is 60.5 cm³/mol. The number of aromatic amines is 1. The molecule has 0 atom stereocenters. The number of carbonyl (C=O) groups excluding carboxylic acids is 1. The van der Waals surface area contributed by atoms with Gasteiger partial charge < -0.3 is 5.32 Å². The molecule has 0 fully saturated rings. The minimum atomic E-state index is -0.272. The van der Waals surface area contributed by atoms with Gasteiger partial charge in [0.05, 0.1) is 17.4 Å². The number of H-pyrrole nitrogens is 1. The lowest BCUT2D eigenvalue weighted by atomic mass is 10.2. The molecule has 1 amide bonds. The average molecular weight is 237 g/mol. The number of amides is 1. The summed E-state index contributed by atoms with van der Waals surface area (Å²) in [6.07, 6.45) is 4.54. The first-order valence-electron chi connectivity index (χ1n) is 4.59. The van der Waals surface area contributed by atoms with E-state index in [2.05, 4.69) is 20.5 Å². The van der Waals surface area contributed by atoms with Crippen LogP contribution in [-0.2, 0) is 0 Å². The van der Waals surface area contributed by atoms with Gasteiger partial charge in [-0.3, -0.25) is 9.89 Å². The Morgan fingerprint density at radius 2 is 2.38 bits per heavy atom. The maximum atomic E-state index is 11.7. The lowest BCUT2D eigenvalue weighted by Gasteiger charge is -2.07. The van der Waals surface area contributed by atoms with Crippen molar-refractivity contribution < 1.29 is 4.79 Å². The number of pyridine rings is 1. The largest absolute Gasteiger partial charge is 0.319 e. The lowest BCUT2D eigenvalue weighted by Crippen LogP contribution is -2.12. The molecule has 2 aromatic rings. The molecular formula is C10H9ClN4O. The molecule has 0 saturated carbocycles. The van der Waals surface area contributed by atoms with E-state index in [1.54, 1.807) is 12.3 Å². The van der Waals surface area contributed by atoms with Crippen LogP contribution in [0.15, 0.2) is 24.7 Å². The zero-order valence-corrected chi connectivity index (χ0v) is 9.25. The van der Waals surface area contributed by atoms with Crippen LogP contribution >= 0.6 is 11.6 Å². The van der Waals surface area contributed by atoms with Crippen LogP contribution in [0.3, 0.4) is 0 Å². The molecule has 16 heavy (non-hydrogen) atoms. The topological polar surface area (TPSA) is 70.7 Å². The van der Waals surface area contributed by atoms with Crippen molar-refractivity contribution in [3.05, 3.63) is 40.9 Å². The molecule has 2 N–H and O–H groups in total. The number of anilines is 1. The molecule has 0 unspecified atom stereocenters. The molecule has 2 aromatic heterocycles. The minimum Gasteiger partial charge on any atom is -0.319 e. The Morgan fingerprint density at radius 3 is 3.00 bits per heavy atom. The summed E-state index contributed by atoms with van der Waals surface area (Å²) in [6, 6.07) is 1.77. The van der Waals surface area contributed by atoms with Crippen LogP contribution in [0.4, 0.5) is 5.69 Å². The Balaban J connectivity index is 2.25. The van der Waals surface area contributed by atoms with Gasteiger partial charge in [-0.25, -0.2) is 4.98 Å². The first-order valence-corrected chi connectivity index (χ1v) is 4.97. The number of rotatable bonds is 2. The van der Waals surface area contributed by atoms with Crippen LogP contribution < -0.4 is 5.32 Å². The van der Waals surface area contributed by atoms with E-state index in [-0.39, 0.29) is 11.1 Å². The Kier molecular flexibility index (Phi) is 2.87. The fourth-order valence-corrected chi connectivity index (χ4v) is 1.49. The molecule has 6 heteroatoms. The Bertz CT molecular complexity index is 489. The van der Waals surface area contributed by atoms with Gasteiger partial charge >= 0.3 is 0 Å². The smallest absolute Gasteiger partial charge is 0.258 e. The summed E-state index contributed by atoms with van der Waals surface area (Å²) in [5.74, 6) is -0.272. The van der Waals surface area contributed by atoms with Gasteiger partial charge in [-0.05, 0) is 18.6 Å². The van der Waals surface area contributed by atoms with Crippen molar-refractivity contribution in [2.45, 2.75) is 6.92 Å². The second-order valence-corrected chi connectivity index (χ2v) is 3.59. The number of aromatic nitrogens is 3. The van der Waals surface area contributed by atoms with Crippen LogP contribution in [0.1, 0.15) is 15.9 Å². The van der Waals surface area contributed by atoms with Crippen LogP contribution in [0.2, 0.25) is 5.15 Å². The van der Waals surface area contributed by atoms with E-state index >= 15 is 0 Å². The standard InChI is InChI=1S/C10H9ClN4O/c1-6-2-3-12-9(11)8(6)15-10(16)7-4-13-14-5-7/h2-5H,1H3,(H,13,14)(H,15,16). The minimum absolute atomic E-state index is 0.272. The van der Waals surface area contributed by atoms with Crippen LogP contribution in [-0.4, -0.2) is 21.1 Å². The second kappa shape index (κ2) is 4.32. The number of aryl methyl sites for hydroxylation is 1. The average Bonchev–Trinajstić information content (AvgIpc) is 2.76. The van der Waals surface area contributed by atoms with Gasteiger partial charge in [0.25, 0.3) is 5.91 Å². The van der Waals surface area contributed by atoms with Gasteiger partial charge in [0.1, 0.15) is 0 Å². The summed E-state index contributed by atoms with van der Waals surface area (Å²) in [7, 11) is 0. The first-order chi connectivity index (χ1) is 7.68.